The highest BCUT2D eigenvalue weighted by Crippen LogP contribution is 2.46. The van der Waals surface area contributed by atoms with Crippen LogP contribution in [0.25, 0.3) is 52.2 Å². The third kappa shape index (κ3) is 25.9. The third-order valence-electron chi connectivity index (χ3n) is 23.2. The number of aromatic carboxylic acids is 2. The van der Waals surface area contributed by atoms with E-state index in [1.165, 1.54) is 90.1 Å². The molecule has 4 aliphatic rings. The van der Waals surface area contributed by atoms with Gasteiger partial charge in [0.1, 0.15) is 24.4 Å². The highest BCUT2D eigenvalue weighted by atomic mass is 35.5. The quantitative estimate of drug-likeness (QED) is 0.0330. The van der Waals surface area contributed by atoms with Crippen molar-refractivity contribution in [2.75, 3.05) is 121 Å². The Morgan fingerprint density at radius 2 is 0.630 bits per heavy atom. The van der Waals surface area contributed by atoms with E-state index in [-0.39, 0.29) is 72.6 Å². The van der Waals surface area contributed by atoms with Crippen LogP contribution in [0.3, 0.4) is 0 Å². The number of ether oxygens (including phenoxy) is 3. The Hall–Kier alpha value is -10.8. The number of nitrogen functional groups attached to an aromatic ring is 1. The van der Waals surface area contributed by atoms with Crippen LogP contribution in [-0.2, 0) is 14.2 Å². The second kappa shape index (κ2) is 48.3. The molecule has 17 rings (SSSR count). The highest BCUT2D eigenvalue weighted by molar-refractivity contribution is 7.19. The predicted octanol–water partition coefficient (Wildman–Crippen LogP) is 24.7. The van der Waals surface area contributed by atoms with Crippen molar-refractivity contribution in [2.24, 2.45) is 0 Å². The molecule has 0 saturated carbocycles. The van der Waals surface area contributed by atoms with E-state index < -0.39 is 17.9 Å². The molecule has 22 nitrogen and oxygen atoms in total. The van der Waals surface area contributed by atoms with Crippen LogP contribution in [0.4, 0.5) is 28.4 Å². The normalized spacial score (nSPS) is 14.4. The number of halogens is 6. The smallest absolute Gasteiger partial charge is 0.350 e. The molecule has 8 aromatic carbocycles. The lowest BCUT2D eigenvalue weighted by Crippen LogP contribution is -2.47. The maximum absolute atomic E-state index is 13.9. The Morgan fingerprint density at radius 1 is 0.356 bits per heavy atom. The van der Waals surface area contributed by atoms with Gasteiger partial charge in [-0.3, -0.25) is 14.4 Å². The summed E-state index contributed by atoms with van der Waals surface area (Å²) in [6, 6.07) is 72.6. The minimum atomic E-state index is -1.06. The van der Waals surface area contributed by atoms with Crippen LogP contribution in [0.15, 0.2) is 237 Å². The molecule has 702 valence electrons. The van der Waals surface area contributed by atoms with Crippen LogP contribution in [0.1, 0.15) is 131 Å². The van der Waals surface area contributed by atoms with Crippen LogP contribution in [-0.4, -0.2) is 191 Å². The molecule has 33 heteroatoms. The van der Waals surface area contributed by atoms with Crippen molar-refractivity contribution in [3.05, 3.63) is 308 Å². The van der Waals surface area contributed by atoms with Crippen molar-refractivity contribution in [3.8, 4) is 52.2 Å². The molecule has 0 unspecified atom stereocenters. The number of carbonyl (C=O) groups excluding carboxylic acids is 6. The summed E-state index contributed by atoms with van der Waals surface area (Å²) in [5.74, 6) is -4.14. The molecular weight excluding hydrogens is 1930 g/mol. The molecule has 0 aliphatic carbocycles. The van der Waals surface area contributed by atoms with E-state index in [1.54, 1.807) is 69.3 Å². The number of carboxylic acid groups (broad SMARTS) is 2. The van der Waals surface area contributed by atoms with Crippen LogP contribution in [0, 0.1) is 0 Å². The van der Waals surface area contributed by atoms with E-state index in [2.05, 4.69) is 62.4 Å². The third-order valence-corrected chi connectivity index (χ3v) is 30.7. The molecule has 0 radical (unpaired) electrons. The van der Waals surface area contributed by atoms with Gasteiger partial charge in [-0.1, -0.05) is 221 Å². The standard InChI is InChI=1S/C25H24Cl2N2O3S.C24H22Cl2N2O3S.C23H20Cl2N2O3S.C18H22N2O2S.C12H11NO2S/c1-28-12-10-18(11-13-28)29(24(30)19-9-8-17(26)14-20(19)27)21-15-22(16-6-4-3-5-7-16)33-23(21)25(31)32-2;1-27-11-9-17(10-12-27)28(23(29)18-8-7-16(25)13-19(18)26)20-14-21(32-22(20)24(30)31)15-5-3-2-4-6-15;24-15-6-7-17(18(25)12-15)22(28)27(16-8-10-26-11-9-16)19-13-20(31-21(19)23(29)30)14-4-2-1-3-5-14;1-20-10-8-14(9-11-20)19-15-12-16(13-6-4-3-5-7-13)23-17(15)18(21)22-2;1-15-12(14)11-9(13)7-10(16-11)8-5-3-2-4-6-8/h3-9,14-15,18H,10-13H2,1-2H3;2-8,13-14,17H,9-12H2,1H3,(H,30,31);1-7,12-13,16,26H,8-11H2,(H,29,30);3-7,12,14,19H,8-11H2,1-2H3;2-7H,13H2,1H3. The van der Waals surface area contributed by atoms with E-state index in [9.17, 15) is 48.6 Å². The molecule has 9 heterocycles. The number of thiophene rings is 5. The van der Waals surface area contributed by atoms with Gasteiger partial charge in [0.15, 0.2) is 0 Å². The lowest BCUT2D eigenvalue weighted by atomic mass is 10.0. The van der Waals surface area contributed by atoms with Gasteiger partial charge < -0.3 is 70.2 Å². The zero-order chi connectivity index (χ0) is 96.1. The number of hydrogen-bond acceptors (Lipinski definition) is 22. The largest absolute Gasteiger partial charge is 0.477 e. The van der Waals surface area contributed by atoms with Gasteiger partial charge in [-0.2, -0.15) is 0 Å². The summed E-state index contributed by atoms with van der Waals surface area (Å²) in [6.07, 6.45) is 6.65. The average molecular weight is 2030 g/mol. The average Bonchev–Trinajstić information content (AvgIpc) is 1.68. The number of piperidine rings is 4. The van der Waals surface area contributed by atoms with E-state index in [1.807, 2.05) is 159 Å². The van der Waals surface area contributed by atoms with Crippen molar-refractivity contribution >= 4 is 202 Å². The maximum atomic E-state index is 13.9. The maximum Gasteiger partial charge on any atom is 0.350 e. The number of rotatable bonds is 21. The summed E-state index contributed by atoms with van der Waals surface area (Å²) in [7, 11) is 10.4. The first-order valence-electron chi connectivity index (χ1n) is 43.4. The molecular formula is C102H99Cl6N9O13S5. The molecule has 5 aromatic heterocycles. The number of carbonyl (C=O) groups is 8. The number of carboxylic acids is 2. The second-order valence-electron chi connectivity index (χ2n) is 32.3. The monoisotopic (exact) mass is 2030 g/mol. The Kier molecular flexibility index (Phi) is 36.3. The number of anilines is 5. The van der Waals surface area contributed by atoms with Crippen LogP contribution >= 0.6 is 126 Å². The number of methoxy groups -OCH3 is 3. The van der Waals surface area contributed by atoms with Crippen molar-refractivity contribution in [1.82, 2.24) is 20.0 Å². The minimum absolute atomic E-state index is 0.0814. The highest BCUT2D eigenvalue weighted by Gasteiger charge is 2.39. The summed E-state index contributed by atoms with van der Waals surface area (Å²) in [5.41, 5.74) is 14.4. The van der Waals surface area contributed by atoms with E-state index in [0.29, 0.717) is 88.0 Å². The molecule has 4 fully saturated rings. The fourth-order valence-corrected chi connectivity index (χ4v) is 22.7. The summed E-state index contributed by atoms with van der Waals surface area (Å²) >= 11 is 43.7. The number of esters is 3. The van der Waals surface area contributed by atoms with Crippen LogP contribution in [0.2, 0.25) is 30.1 Å². The first-order valence-corrected chi connectivity index (χ1v) is 49.8. The van der Waals surface area contributed by atoms with Crippen LogP contribution in [0.5, 0.6) is 0 Å². The van der Waals surface area contributed by atoms with Crippen molar-refractivity contribution in [3.63, 3.8) is 0 Å². The fourth-order valence-electron chi connectivity index (χ4n) is 16.1. The zero-order valence-corrected chi connectivity index (χ0v) is 83.2. The Balaban J connectivity index is 0.000000146. The Labute approximate surface area is 834 Å². The van der Waals surface area contributed by atoms with E-state index in [4.69, 9.17) is 84.8 Å². The Morgan fingerprint density at radius 3 is 0.956 bits per heavy atom. The van der Waals surface area contributed by atoms with Gasteiger partial charge in [0, 0.05) is 63.6 Å². The van der Waals surface area contributed by atoms with Gasteiger partial charge in [0.05, 0.1) is 81.5 Å². The van der Waals surface area contributed by atoms with Gasteiger partial charge in [-0.05, 0) is 238 Å². The summed E-state index contributed by atoms with van der Waals surface area (Å²) in [6.45, 7) is 7.02. The SMILES string of the molecule is CN1CCC(N(C(=O)c2ccc(Cl)cc2Cl)c2cc(-c3ccccc3)sc2C(=O)O)CC1.COC(=O)c1sc(-c2ccccc2)cc1N.COC(=O)c1sc(-c2ccccc2)cc1N(C(=O)c1ccc(Cl)cc1Cl)C1CCN(C)CC1.COC(=O)c1sc(-c2ccccc2)cc1NC1CCN(C)CC1.O=C(O)c1sc(-c2ccccc2)cc1N(C(=O)c1ccc(Cl)cc1Cl)C1CCNCC1. The second-order valence-corrected chi connectivity index (χ2v) is 40.1. The molecule has 0 bridgehead atoms. The van der Waals surface area contributed by atoms with Crippen molar-refractivity contribution < 1.29 is 62.8 Å². The molecule has 6 N–H and O–H groups in total. The lowest BCUT2D eigenvalue weighted by Gasteiger charge is -2.37. The van der Waals surface area contributed by atoms with E-state index >= 15 is 0 Å². The number of amides is 3. The first kappa shape index (κ1) is 102. The molecule has 3 amide bonds. The molecule has 0 atom stereocenters. The van der Waals surface area contributed by atoms with Crippen molar-refractivity contribution in [2.45, 2.75) is 75.5 Å². The number of nitrogens with one attached hydrogen (secondary N) is 2. The summed E-state index contributed by atoms with van der Waals surface area (Å²) in [5, 5.41) is 28.9. The molecule has 0 spiro atoms. The van der Waals surface area contributed by atoms with Crippen molar-refractivity contribution in [1.29, 1.82) is 0 Å². The summed E-state index contributed by atoms with van der Waals surface area (Å²) in [4.78, 5) is 120. The number of nitrogens with zero attached hydrogens (tertiary/aromatic N) is 6. The fraction of sp³-hybridized carbons (Fsp3) is 0.255. The van der Waals surface area contributed by atoms with Gasteiger partial charge >= 0.3 is 29.8 Å². The number of hydrogen-bond donors (Lipinski definition) is 5. The van der Waals surface area contributed by atoms with Gasteiger partial charge in [-0.15, -0.1) is 56.7 Å². The summed E-state index contributed by atoms with van der Waals surface area (Å²) < 4.78 is 14.7. The number of likely N-dealkylation sites (tertiary alicyclic amines) is 3. The topological polar surface area (TPSA) is 274 Å². The van der Waals surface area contributed by atoms with E-state index in [0.717, 1.165) is 149 Å². The predicted molar refractivity (Wildman–Crippen MR) is 552 cm³/mol. The molecule has 4 saturated heterocycles. The van der Waals surface area contributed by atoms with Gasteiger partial charge in [-0.25, -0.2) is 24.0 Å². The molecule has 135 heavy (non-hydrogen) atoms. The minimum Gasteiger partial charge on any atom is -0.477 e. The first-order chi connectivity index (χ1) is 65.1. The van der Waals surface area contributed by atoms with Gasteiger partial charge in [0.2, 0.25) is 0 Å². The zero-order valence-electron chi connectivity index (χ0n) is 74.6. The molecule has 13 aromatic rings. The number of benzene rings is 8. The Bertz CT molecular complexity index is 6300. The lowest BCUT2D eigenvalue weighted by molar-refractivity contribution is 0.0597. The number of nitrogens with two attached hydrogens (primary N) is 1. The molecule has 4 aliphatic heterocycles. The van der Waals surface area contributed by atoms with Gasteiger partial charge in [0.25, 0.3) is 17.7 Å². The van der Waals surface area contributed by atoms with Crippen LogP contribution < -0.4 is 31.1 Å².